The van der Waals surface area contributed by atoms with Crippen LogP contribution in [0, 0.1) is 6.92 Å². The fraction of sp³-hybridized carbons (Fsp3) is 0.522. The maximum atomic E-state index is 13.3. The number of hydrogen-bond donors (Lipinski definition) is 1. The van der Waals surface area contributed by atoms with Gasteiger partial charge < -0.3 is 5.32 Å². The molecule has 0 aliphatic heterocycles. The van der Waals surface area contributed by atoms with E-state index >= 15 is 0 Å². The Morgan fingerprint density at radius 3 is 2.38 bits per heavy atom. The van der Waals surface area contributed by atoms with Gasteiger partial charge in [-0.25, -0.2) is 0 Å². The van der Waals surface area contributed by atoms with Crippen molar-refractivity contribution in [1.82, 2.24) is 15.1 Å². The van der Waals surface area contributed by atoms with Gasteiger partial charge in [-0.05, 0) is 37.8 Å². The molecule has 0 bridgehead atoms. The number of halogens is 6. The molecule has 186 valence electrons. The maximum Gasteiger partial charge on any atom is 0.416 e. The first-order chi connectivity index (χ1) is 15.8. The van der Waals surface area contributed by atoms with Crippen molar-refractivity contribution >= 4 is 5.91 Å². The molecule has 1 aliphatic rings. The Hall–Kier alpha value is -2.85. The van der Waals surface area contributed by atoms with Crippen molar-refractivity contribution in [3.63, 3.8) is 0 Å². The minimum Gasteiger partial charge on any atom is -0.339 e. The van der Waals surface area contributed by atoms with E-state index in [0.29, 0.717) is 18.4 Å². The molecule has 1 aromatic carbocycles. The average Bonchev–Trinajstić information content (AvgIpc) is 3.22. The highest BCUT2D eigenvalue weighted by atomic mass is 19.4. The Kier molecular flexibility index (Phi) is 7.14. The number of carbonyl (C=O) groups excluding carboxylic acids is 1. The number of carbonyl (C=O) groups is 1. The molecular formula is C23H25F6N3O2. The van der Waals surface area contributed by atoms with Gasteiger partial charge in [0.2, 0.25) is 5.43 Å². The molecule has 5 nitrogen and oxygen atoms in total. The zero-order valence-electron chi connectivity index (χ0n) is 18.7. The van der Waals surface area contributed by atoms with Gasteiger partial charge in [-0.3, -0.25) is 14.3 Å². The van der Waals surface area contributed by atoms with E-state index in [1.54, 1.807) is 6.07 Å². The first kappa shape index (κ1) is 25.8. The molecule has 1 amide bonds. The standard InChI is InChI=1S/C23H25F6N3O2/c1-3-17(23(27,28)29)30-20(34)18-19(33)14(2)12-32(31-18)13-21(9-4-5-10-21)15-7-6-8-16(11-15)22(24,25)26/h6-8,11-12,17H,3-5,9-10,13H2,1-2H3,(H,30,34). The second-order valence-electron chi connectivity index (χ2n) is 8.73. The fourth-order valence-electron chi connectivity index (χ4n) is 4.47. The summed E-state index contributed by atoms with van der Waals surface area (Å²) < 4.78 is 80.4. The zero-order chi connectivity index (χ0) is 25.3. The molecule has 2 aromatic rings. The summed E-state index contributed by atoms with van der Waals surface area (Å²) in [6.07, 6.45) is -5.59. The van der Waals surface area contributed by atoms with Crippen LogP contribution < -0.4 is 10.7 Å². The summed E-state index contributed by atoms with van der Waals surface area (Å²) in [7, 11) is 0. The minimum atomic E-state index is -4.69. The third-order valence-corrected chi connectivity index (χ3v) is 6.30. The van der Waals surface area contributed by atoms with Crippen molar-refractivity contribution in [3.05, 3.63) is 63.1 Å². The second-order valence-corrected chi connectivity index (χ2v) is 8.73. The molecule has 0 saturated heterocycles. The summed E-state index contributed by atoms with van der Waals surface area (Å²) in [5, 5.41) is 5.82. The molecule has 1 heterocycles. The third-order valence-electron chi connectivity index (χ3n) is 6.30. The highest BCUT2D eigenvalue weighted by Crippen LogP contribution is 2.43. The number of nitrogens with zero attached hydrogens (tertiary/aromatic N) is 2. The molecule has 0 radical (unpaired) electrons. The summed E-state index contributed by atoms with van der Waals surface area (Å²) in [6.45, 7) is 2.73. The quantitative estimate of drug-likeness (QED) is 0.571. The molecule has 1 unspecified atom stereocenters. The molecule has 1 aromatic heterocycles. The molecule has 34 heavy (non-hydrogen) atoms. The Morgan fingerprint density at radius 1 is 1.18 bits per heavy atom. The van der Waals surface area contributed by atoms with Crippen LogP contribution in [0.1, 0.15) is 66.2 Å². The van der Waals surface area contributed by atoms with Crippen molar-refractivity contribution < 1.29 is 31.1 Å². The predicted molar refractivity (Wildman–Crippen MR) is 112 cm³/mol. The second kappa shape index (κ2) is 9.42. The highest BCUT2D eigenvalue weighted by molar-refractivity contribution is 5.92. The molecule has 1 saturated carbocycles. The van der Waals surface area contributed by atoms with E-state index in [1.165, 1.54) is 30.8 Å². The summed E-state index contributed by atoms with van der Waals surface area (Å²) in [6, 6.07) is 2.90. The van der Waals surface area contributed by atoms with Gasteiger partial charge in [0.05, 0.1) is 12.1 Å². The van der Waals surface area contributed by atoms with Crippen molar-refractivity contribution in [2.24, 2.45) is 0 Å². The molecule has 11 heteroatoms. The molecule has 1 fully saturated rings. The SMILES string of the molecule is CCC(NC(=O)c1nn(CC2(c3cccc(C(F)(F)F)c3)CCCC2)cc(C)c1=O)C(F)(F)F. The Labute approximate surface area is 192 Å². The first-order valence-corrected chi connectivity index (χ1v) is 10.9. The lowest BCUT2D eigenvalue weighted by atomic mass is 9.78. The van der Waals surface area contributed by atoms with Crippen molar-refractivity contribution in [3.8, 4) is 0 Å². The lowest BCUT2D eigenvalue weighted by Crippen LogP contribution is -2.46. The number of benzene rings is 1. The fourth-order valence-corrected chi connectivity index (χ4v) is 4.47. The maximum absolute atomic E-state index is 13.3. The van der Waals surface area contributed by atoms with Crippen LogP contribution in [-0.2, 0) is 18.1 Å². The topological polar surface area (TPSA) is 64.0 Å². The lowest BCUT2D eigenvalue weighted by molar-refractivity contribution is -0.153. The smallest absolute Gasteiger partial charge is 0.339 e. The molecule has 1 aliphatic carbocycles. The van der Waals surface area contributed by atoms with Crippen molar-refractivity contribution in [2.75, 3.05) is 0 Å². The van der Waals surface area contributed by atoms with Gasteiger partial charge >= 0.3 is 12.4 Å². The zero-order valence-corrected chi connectivity index (χ0v) is 18.7. The average molecular weight is 489 g/mol. The summed E-state index contributed by atoms with van der Waals surface area (Å²) in [5.41, 5.74) is -2.42. The van der Waals surface area contributed by atoms with Crippen molar-refractivity contribution in [2.45, 2.75) is 76.3 Å². The van der Waals surface area contributed by atoms with Crippen LogP contribution in [0.2, 0.25) is 0 Å². The number of aromatic nitrogens is 2. The lowest BCUT2D eigenvalue weighted by Gasteiger charge is -2.31. The van der Waals surface area contributed by atoms with Gasteiger partial charge in [-0.1, -0.05) is 38.0 Å². The number of amides is 1. The predicted octanol–water partition coefficient (Wildman–Crippen LogP) is 5.15. The third kappa shape index (κ3) is 5.44. The van der Waals surface area contributed by atoms with Crippen LogP contribution in [0.3, 0.4) is 0 Å². The van der Waals surface area contributed by atoms with Gasteiger partial charge in [-0.2, -0.15) is 31.4 Å². The van der Waals surface area contributed by atoms with Crippen LogP contribution in [0.15, 0.2) is 35.3 Å². The highest BCUT2D eigenvalue weighted by Gasteiger charge is 2.41. The number of nitrogens with one attached hydrogen (secondary N) is 1. The van der Waals surface area contributed by atoms with Gasteiger partial charge in [0.15, 0.2) is 5.69 Å². The van der Waals surface area contributed by atoms with Gasteiger partial charge in [0.25, 0.3) is 5.91 Å². The monoisotopic (exact) mass is 489 g/mol. The molecule has 1 N–H and O–H groups in total. The van der Waals surface area contributed by atoms with Crippen molar-refractivity contribution in [1.29, 1.82) is 0 Å². The van der Waals surface area contributed by atoms with Crippen LogP contribution in [0.25, 0.3) is 0 Å². The van der Waals surface area contributed by atoms with Crippen LogP contribution >= 0.6 is 0 Å². The number of aryl methyl sites for hydroxylation is 1. The molecule has 3 rings (SSSR count). The van der Waals surface area contributed by atoms with E-state index in [0.717, 1.165) is 25.0 Å². The molecule has 1 atom stereocenters. The Morgan fingerprint density at radius 2 is 1.82 bits per heavy atom. The summed E-state index contributed by atoms with van der Waals surface area (Å²) in [5.74, 6) is -1.24. The van der Waals surface area contributed by atoms with E-state index in [1.807, 2.05) is 5.32 Å². The first-order valence-electron chi connectivity index (χ1n) is 10.9. The van der Waals surface area contributed by atoms with Crippen LogP contribution in [0.4, 0.5) is 26.3 Å². The number of hydrogen-bond acceptors (Lipinski definition) is 3. The van der Waals surface area contributed by atoms with E-state index < -0.39 is 52.8 Å². The largest absolute Gasteiger partial charge is 0.416 e. The number of rotatable bonds is 6. The summed E-state index contributed by atoms with van der Waals surface area (Å²) in [4.78, 5) is 25.0. The van der Waals surface area contributed by atoms with E-state index in [2.05, 4.69) is 5.10 Å². The molecule has 0 spiro atoms. The van der Waals surface area contributed by atoms with Crippen LogP contribution in [-0.4, -0.2) is 27.9 Å². The van der Waals surface area contributed by atoms with Gasteiger partial charge in [-0.15, -0.1) is 0 Å². The number of alkyl halides is 6. The minimum absolute atomic E-state index is 0.0756. The summed E-state index contributed by atoms with van der Waals surface area (Å²) >= 11 is 0. The van der Waals surface area contributed by atoms with Gasteiger partial charge in [0, 0.05) is 17.2 Å². The van der Waals surface area contributed by atoms with Crippen LogP contribution in [0.5, 0.6) is 0 Å². The Balaban J connectivity index is 1.98. The van der Waals surface area contributed by atoms with Gasteiger partial charge in [0.1, 0.15) is 6.04 Å². The molecular weight excluding hydrogens is 464 g/mol. The van der Waals surface area contributed by atoms with E-state index in [-0.39, 0.29) is 12.1 Å². The van der Waals surface area contributed by atoms with E-state index in [4.69, 9.17) is 0 Å². The normalized spacial score (nSPS) is 16.9. The van der Waals surface area contributed by atoms with E-state index in [9.17, 15) is 35.9 Å². The Bertz CT molecular complexity index is 1100.